The topological polar surface area (TPSA) is 149 Å². The van der Waals surface area contributed by atoms with Crippen LogP contribution in [0.2, 0.25) is 0 Å². The average Bonchev–Trinajstić information content (AvgIpc) is 3.71. The number of nitrogens with zero attached hydrogens (tertiary/aromatic N) is 2. The van der Waals surface area contributed by atoms with Crippen molar-refractivity contribution < 1.29 is 112 Å². The summed E-state index contributed by atoms with van der Waals surface area (Å²) in [6.45, 7) is 17.8. The largest absolute Gasteiger partial charge is 1.00 e. The van der Waals surface area contributed by atoms with E-state index in [9.17, 15) is 41.0 Å². The van der Waals surface area contributed by atoms with E-state index in [-0.39, 0.29) is 134 Å². The van der Waals surface area contributed by atoms with Crippen LogP contribution in [0, 0.1) is 13.1 Å². The third-order valence-electron chi connectivity index (χ3n) is 5.64. The monoisotopic (exact) mass is 695 g/mol. The number of amides is 2. The van der Waals surface area contributed by atoms with E-state index in [4.69, 9.17) is 27.9 Å². The molecule has 3 N–H and O–H groups in total. The van der Waals surface area contributed by atoms with Crippen molar-refractivity contribution in [2.24, 2.45) is 0 Å². The first kappa shape index (κ1) is 45.7. The zero-order chi connectivity index (χ0) is 33.2. The van der Waals surface area contributed by atoms with Gasteiger partial charge in [-0.3, -0.25) is 14.4 Å². The molecule has 3 rings (SSSR count). The molecule has 2 atom stereocenters. The van der Waals surface area contributed by atoms with Crippen LogP contribution in [0.15, 0.2) is 36.4 Å². The molecule has 11 nitrogen and oxygen atoms in total. The first-order chi connectivity index (χ1) is 19.8. The molecule has 1 saturated heterocycles. The smallest absolute Gasteiger partial charge is 0.662 e. The number of alkyl halides is 6. The Labute approximate surface area is 338 Å². The maximum absolute atomic E-state index is 12.7. The second kappa shape index (κ2) is 19.4. The van der Waals surface area contributed by atoms with Gasteiger partial charge in [0.05, 0.1) is 30.9 Å². The predicted molar refractivity (Wildman–Crippen MR) is 141 cm³/mol. The van der Waals surface area contributed by atoms with Crippen LogP contribution in [0.5, 0.6) is 0 Å². The fourth-order valence-corrected chi connectivity index (χ4v) is 2.81. The Kier molecular flexibility index (Phi) is 19.7. The van der Waals surface area contributed by atoms with Crippen molar-refractivity contribution in [2.75, 3.05) is 17.2 Å². The zero-order valence-corrected chi connectivity index (χ0v) is 30.8. The maximum atomic E-state index is 12.7. The summed E-state index contributed by atoms with van der Waals surface area (Å²) < 4.78 is 81.3. The fraction of sp³-hybridized carbons (Fsp3) is 0.346. The van der Waals surface area contributed by atoms with Gasteiger partial charge in [0.15, 0.2) is 17.0 Å². The van der Waals surface area contributed by atoms with Gasteiger partial charge in [0, 0.05) is 62.8 Å². The van der Waals surface area contributed by atoms with Crippen LogP contribution in [0.1, 0.15) is 38.3 Å². The van der Waals surface area contributed by atoms with Gasteiger partial charge in [-0.05, 0) is 44.5 Å². The van der Waals surface area contributed by atoms with E-state index in [0.29, 0.717) is 6.07 Å². The summed E-state index contributed by atoms with van der Waals surface area (Å²) in [7, 11) is 0. The Morgan fingerprint density at radius 3 is 1.69 bits per heavy atom. The molecule has 1 aliphatic heterocycles. The molecule has 2 aromatic carbocycles. The van der Waals surface area contributed by atoms with E-state index in [2.05, 4.69) is 25.2 Å². The molecule has 0 aliphatic carbocycles. The Morgan fingerprint density at radius 1 is 1.02 bits per heavy atom. The minimum absolute atomic E-state index is 0. The number of nitrogens with one attached hydrogen (secondary N) is 2. The number of carbonyl (C=O) groups excluding carboxylic acids is 3. The number of epoxide rings is 1. The number of rotatable bonds is 6. The van der Waals surface area contributed by atoms with Crippen molar-refractivity contribution >= 4 is 92.4 Å². The molecule has 0 spiro atoms. The Hall–Kier alpha value is -1.44. The molecule has 45 heavy (non-hydrogen) atoms. The Bertz CT molecular complexity index is 1420. The van der Waals surface area contributed by atoms with Crippen molar-refractivity contribution in [3.63, 3.8) is 0 Å². The SMILES string of the molecule is O=CO[O-].[C-]#[N+]c1ccc(NC(=O)C(C)(O)CC)cc1C(F)(F)F.[C-]#[N+]c1ccc(NC(=O)C2(C)CO2)cc1C(F)(F)F.[K+].[K]. The summed E-state index contributed by atoms with van der Waals surface area (Å²) in [6, 6.07) is 5.88. The Morgan fingerprint density at radius 2 is 1.40 bits per heavy atom. The second-order valence-corrected chi connectivity index (χ2v) is 8.93. The minimum Gasteiger partial charge on any atom is -0.662 e. The average molecular weight is 696 g/mol. The summed E-state index contributed by atoms with van der Waals surface area (Å²) in [5, 5.41) is 22.7. The van der Waals surface area contributed by atoms with Crippen molar-refractivity contribution in [1.29, 1.82) is 0 Å². The summed E-state index contributed by atoms with van der Waals surface area (Å²) in [5.41, 5.74) is -6.00. The van der Waals surface area contributed by atoms with E-state index >= 15 is 0 Å². The van der Waals surface area contributed by atoms with Gasteiger partial charge in [0.2, 0.25) is 0 Å². The number of ether oxygens (including phenoxy) is 1. The number of benzene rings is 2. The van der Waals surface area contributed by atoms with Gasteiger partial charge in [-0.25, -0.2) is 9.69 Å². The van der Waals surface area contributed by atoms with Crippen LogP contribution in [0.25, 0.3) is 9.69 Å². The standard InChI is InChI=1S/C13H13F3N2O2.C12H9F3N2O2.CH2O3.2K/c1-4-12(2,20)11(19)18-8-5-6-10(17-3)9(7-8)13(14,15)16;1-11(6-19-11)10(18)17-7-3-4-9(16-2)8(5-7)12(13,14)15;2-1-4-3;;/h5-7,20H,4H2,1-2H3,(H,18,19);3-5H,6H2,1H3,(H,17,18);1,3H;;/q;;;;+1/p-1. The van der Waals surface area contributed by atoms with Crippen LogP contribution in [0.4, 0.5) is 49.1 Å². The van der Waals surface area contributed by atoms with Crippen LogP contribution >= 0.6 is 0 Å². The van der Waals surface area contributed by atoms with Crippen molar-refractivity contribution in [3.8, 4) is 0 Å². The zero-order valence-electron chi connectivity index (χ0n) is 24.5. The van der Waals surface area contributed by atoms with Crippen molar-refractivity contribution in [2.45, 2.75) is 50.7 Å². The van der Waals surface area contributed by atoms with Crippen molar-refractivity contribution in [3.05, 3.63) is 70.4 Å². The summed E-state index contributed by atoms with van der Waals surface area (Å²) in [4.78, 5) is 40.2. The number of anilines is 2. The molecule has 0 bridgehead atoms. The van der Waals surface area contributed by atoms with Crippen LogP contribution in [0.3, 0.4) is 0 Å². The molecule has 1 aliphatic rings. The molecule has 0 aromatic heterocycles. The summed E-state index contributed by atoms with van der Waals surface area (Å²) >= 11 is 0. The molecule has 1 heterocycles. The number of halogens is 6. The first-order valence-electron chi connectivity index (χ1n) is 11.7. The van der Waals surface area contributed by atoms with E-state index in [0.717, 1.165) is 18.2 Å². The molecule has 0 saturated carbocycles. The molecule has 2 unspecified atom stereocenters. The number of hydrogen-bond acceptors (Lipinski definition) is 7. The van der Waals surface area contributed by atoms with Gasteiger partial charge in [0.1, 0.15) is 5.60 Å². The van der Waals surface area contributed by atoms with Crippen LogP contribution in [-0.2, 0) is 36.4 Å². The first-order valence-corrected chi connectivity index (χ1v) is 11.7. The van der Waals surface area contributed by atoms with Gasteiger partial charge in [-0.15, -0.1) is 0 Å². The molecule has 2 aromatic rings. The predicted octanol–water partition coefficient (Wildman–Crippen LogP) is 1.40. The molecule has 1 fully saturated rings. The maximum Gasteiger partial charge on any atom is 1.00 e. The molecule has 233 valence electrons. The van der Waals surface area contributed by atoms with E-state index < -0.39 is 57.9 Å². The van der Waals surface area contributed by atoms with Crippen molar-refractivity contribution in [1.82, 2.24) is 0 Å². The van der Waals surface area contributed by atoms with Crippen LogP contribution < -0.4 is 67.3 Å². The summed E-state index contributed by atoms with van der Waals surface area (Å²) in [5.74, 6) is -1.31. The van der Waals surface area contributed by atoms with Gasteiger partial charge < -0.3 is 30.6 Å². The molecule has 19 heteroatoms. The van der Waals surface area contributed by atoms with E-state index in [1.807, 2.05) is 0 Å². The number of hydrogen-bond donors (Lipinski definition) is 3. The van der Waals surface area contributed by atoms with E-state index in [1.54, 1.807) is 13.8 Å². The number of carbonyl (C=O) groups is 3. The van der Waals surface area contributed by atoms with Gasteiger partial charge >= 0.3 is 63.7 Å². The van der Waals surface area contributed by atoms with E-state index in [1.165, 1.54) is 19.1 Å². The fourth-order valence-electron chi connectivity index (χ4n) is 2.81. The van der Waals surface area contributed by atoms with Gasteiger partial charge in [-0.2, -0.15) is 26.3 Å². The molecule has 2 amide bonds. The molecular weight excluding hydrogens is 672 g/mol. The summed E-state index contributed by atoms with van der Waals surface area (Å²) in [6.07, 6.45) is -9.21. The molecular formula is C26H23F6K2N4O7. The van der Waals surface area contributed by atoms with Gasteiger partial charge in [-0.1, -0.05) is 19.1 Å². The quantitative estimate of drug-likeness (QED) is 0.0787. The minimum atomic E-state index is -4.69. The third-order valence-corrected chi connectivity index (χ3v) is 5.64. The number of aliphatic hydroxyl groups is 1. The molecule has 1 radical (unpaired) electrons. The second-order valence-electron chi connectivity index (χ2n) is 8.93. The third kappa shape index (κ3) is 14.5. The Balaban J connectivity index is 0. The normalized spacial score (nSPS) is 15.9. The van der Waals surface area contributed by atoms with Crippen LogP contribution in [-0.4, -0.2) is 92.6 Å². The van der Waals surface area contributed by atoms with Gasteiger partial charge in [0.25, 0.3) is 18.3 Å².